The molecule has 0 amide bonds. The molecule has 11 heteroatoms. The summed E-state index contributed by atoms with van der Waals surface area (Å²) in [5.74, 6) is 0.502. The summed E-state index contributed by atoms with van der Waals surface area (Å²) in [7, 11) is -7.81. The predicted octanol–water partition coefficient (Wildman–Crippen LogP) is 7.77. The Bertz CT molecular complexity index is 1200. The summed E-state index contributed by atoms with van der Waals surface area (Å²) < 4.78 is 33.6. The van der Waals surface area contributed by atoms with Gasteiger partial charge >= 0.3 is 45.5 Å². The van der Waals surface area contributed by atoms with Crippen LogP contribution in [0.4, 0.5) is 0 Å². The van der Waals surface area contributed by atoms with E-state index in [1.54, 1.807) is 38.1 Å². The molecule has 0 saturated heterocycles. The van der Waals surface area contributed by atoms with E-state index < -0.39 is 15.2 Å². The van der Waals surface area contributed by atoms with Crippen LogP contribution >= 0.6 is 15.2 Å². The van der Waals surface area contributed by atoms with Gasteiger partial charge in [-0.3, -0.25) is 0 Å². The number of hydrogen-bond donors (Lipinski definition) is 2. The third-order valence-corrected chi connectivity index (χ3v) is 9.78. The molecule has 0 radical (unpaired) electrons. The Kier molecular flexibility index (Phi) is 16.4. The topological polar surface area (TPSA) is 139 Å². The van der Waals surface area contributed by atoms with Crippen LogP contribution < -0.4 is 9.79 Å². The number of aromatic hydroxyl groups is 2. The van der Waals surface area contributed by atoms with Crippen LogP contribution in [0.1, 0.15) is 130 Å². The first-order valence-corrected chi connectivity index (χ1v) is 18.6. The maximum Gasteiger partial charge on any atom is 2.00 e. The molecule has 2 unspecified atom stereocenters. The number of benzene rings is 2. The zero-order chi connectivity index (χ0) is 34.7. The second kappa shape index (κ2) is 16.5. The fourth-order valence-electron chi connectivity index (χ4n) is 4.79. The summed E-state index contributed by atoms with van der Waals surface area (Å²) in [6.07, 6.45) is -0.319. The molecule has 0 aliphatic heterocycles. The molecule has 0 bridgehead atoms. The fourth-order valence-corrected chi connectivity index (χ4v) is 7.02. The Morgan fingerprint density at radius 2 is 0.756 bits per heavy atom. The van der Waals surface area contributed by atoms with E-state index in [4.69, 9.17) is 9.05 Å². The molecule has 2 atom stereocenters. The summed E-state index contributed by atoms with van der Waals surface area (Å²) >= 11 is 0. The maximum atomic E-state index is 11.9. The van der Waals surface area contributed by atoms with Gasteiger partial charge in [0.05, 0.1) is 13.2 Å². The molecule has 0 saturated carbocycles. The number of phenols is 2. The van der Waals surface area contributed by atoms with Crippen LogP contribution in [0, 0.1) is 0 Å². The molecule has 0 spiro atoms. The van der Waals surface area contributed by atoms with Crippen LogP contribution in [0.15, 0.2) is 24.3 Å². The molecule has 252 valence electrons. The molecule has 0 aliphatic rings. The monoisotopic (exact) mass is 742 g/mol. The summed E-state index contributed by atoms with van der Waals surface area (Å²) in [5, 5.41) is 21.2. The van der Waals surface area contributed by atoms with Gasteiger partial charge in [-0.05, 0) is 68.9 Å². The molecule has 0 fully saturated rings. The Morgan fingerprint density at radius 1 is 0.556 bits per heavy atom. The zero-order valence-corrected chi connectivity index (χ0v) is 35.3. The van der Waals surface area contributed by atoms with Gasteiger partial charge in [0.1, 0.15) is 26.7 Å². The van der Waals surface area contributed by atoms with Gasteiger partial charge in [0.15, 0.2) is 0 Å². The van der Waals surface area contributed by atoms with Crippen molar-refractivity contribution in [2.75, 3.05) is 13.2 Å². The number of hydrogen-bond acceptors (Lipinski definition) is 8. The first-order chi connectivity index (χ1) is 19.6. The molecule has 2 aromatic carbocycles. The Balaban J connectivity index is 0.000000842. The van der Waals surface area contributed by atoms with Crippen LogP contribution in [-0.2, 0) is 52.2 Å². The standard InChI is InChI=1S/2C17H29O4P.Sr/c2*1-8-21-22(19,20)11-12-9-13(16(2,3)4)15(18)14(10-12)17(5,6)7;/h2*9-10,18H,8,11H2,1-7H3,(H,19,20);/q;;+2/p-2. The van der Waals surface area contributed by atoms with Crippen molar-refractivity contribution in [1.82, 2.24) is 0 Å². The van der Waals surface area contributed by atoms with Gasteiger partial charge in [-0.25, -0.2) is 0 Å². The molecular formula is C34H56O8P2Sr. The Labute approximate surface area is 309 Å². The van der Waals surface area contributed by atoms with E-state index in [-0.39, 0.29) is 104 Å². The van der Waals surface area contributed by atoms with Crippen molar-refractivity contribution < 1.29 is 38.2 Å². The van der Waals surface area contributed by atoms with Crippen molar-refractivity contribution in [2.45, 2.75) is 131 Å². The molecule has 0 aromatic heterocycles. The Morgan fingerprint density at radius 3 is 0.911 bits per heavy atom. The van der Waals surface area contributed by atoms with E-state index in [0.29, 0.717) is 11.1 Å². The average Bonchev–Trinajstić information content (AvgIpc) is 2.78. The molecule has 8 nitrogen and oxygen atoms in total. The third-order valence-electron chi connectivity index (χ3n) is 6.98. The van der Waals surface area contributed by atoms with Crippen LogP contribution in [0.5, 0.6) is 11.5 Å². The predicted molar refractivity (Wildman–Crippen MR) is 183 cm³/mol. The van der Waals surface area contributed by atoms with Crippen LogP contribution in [0.3, 0.4) is 0 Å². The van der Waals surface area contributed by atoms with Crippen LogP contribution in [-0.4, -0.2) is 68.9 Å². The number of phenolic OH excluding ortho intramolecular Hbond substituents is 2. The van der Waals surface area contributed by atoms with E-state index in [1.165, 1.54) is 0 Å². The second-order valence-electron chi connectivity index (χ2n) is 15.5. The fraction of sp³-hybridized carbons (Fsp3) is 0.647. The van der Waals surface area contributed by atoms with Crippen molar-refractivity contribution in [1.29, 1.82) is 0 Å². The quantitative estimate of drug-likeness (QED) is 0.207. The molecule has 2 aromatic rings. The summed E-state index contributed by atoms with van der Waals surface area (Å²) in [4.78, 5) is 23.9. The van der Waals surface area contributed by atoms with Gasteiger partial charge in [0, 0.05) is 12.3 Å². The van der Waals surface area contributed by atoms with Crippen molar-refractivity contribution in [2.24, 2.45) is 0 Å². The van der Waals surface area contributed by atoms with Gasteiger partial charge in [0.2, 0.25) is 0 Å². The van der Waals surface area contributed by atoms with E-state index >= 15 is 0 Å². The minimum absolute atomic E-state index is 0. The summed E-state index contributed by atoms with van der Waals surface area (Å²) in [6, 6.07) is 7.09. The van der Waals surface area contributed by atoms with Gasteiger partial charge in [-0.2, -0.15) is 0 Å². The molecule has 2 rings (SSSR count). The third kappa shape index (κ3) is 14.1. The first kappa shape index (κ1) is 44.8. The number of rotatable bonds is 8. The zero-order valence-electron chi connectivity index (χ0n) is 30.1. The molecule has 2 N–H and O–H groups in total. The van der Waals surface area contributed by atoms with Gasteiger partial charge in [-0.1, -0.05) is 107 Å². The minimum Gasteiger partial charge on any atom is -0.778 e. The second-order valence-corrected chi connectivity index (χ2v) is 19.0. The van der Waals surface area contributed by atoms with Crippen molar-refractivity contribution in [3.8, 4) is 11.5 Å². The average molecular weight is 742 g/mol. The van der Waals surface area contributed by atoms with E-state index in [9.17, 15) is 29.1 Å². The normalized spacial score (nSPS) is 15.3. The summed E-state index contributed by atoms with van der Waals surface area (Å²) in [5.41, 5.74) is 3.21. The molecule has 45 heavy (non-hydrogen) atoms. The van der Waals surface area contributed by atoms with Gasteiger partial charge in [0.25, 0.3) is 0 Å². The molecular weight excluding hydrogens is 686 g/mol. The summed E-state index contributed by atoms with van der Waals surface area (Å²) in [6.45, 7) is 27.6. The maximum absolute atomic E-state index is 11.9. The first-order valence-electron chi connectivity index (χ1n) is 15.2. The van der Waals surface area contributed by atoms with Gasteiger partial charge < -0.3 is 38.2 Å². The molecule has 0 heterocycles. The van der Waals surface area contributed by atoms with Crippen molar-refractivity contribution in [3.63, 3.8) is 0 Å². The van der Waals surface area contributed by atoms with E-state index in [1.807, 2.05) is 83.1 Å². The largest absolute Gasteiger partial charge is 2.00 e. The Hall–Kier alpha value is -0.179. The molecule has 0 aliphatic carbocycles. The van der Waals surface area contributed by atoms with Gasteiger partial charge in [-0.15, -0.1) is 0 Å². The SMILES string of the molecule is CCOP(=O)([O-])Cc1cc(C(C)(C)C)c(O)c(C(C)(C)C)c1.CCOP(=O)([O-])Cc1cc(C(C)(C)C)c(O)c(C(C)(C)C)c1.[Sr+2]. The van der Waals surface area contributed by atoms with E-state index in [0.717, 1.165) is 22.3 Å². The van der Waals surface area contributed by atoms with Crippen molar-refractivity contribution in [3.05, 3.63) is 57.6 Å². The van der Waals surface area contributed by atoms with Crippen LogP contribution in [0.25, 0.3) is 0 Å². The van der Waals surface area contributed by atoms with E-state index in [2.05, 4.69) is 0 Å². The van der Waals surface area contributed by atoms with Crippen LogP contribution in [0.2, 0.25) is 0 Å². The van der Waals surface area contributed by atoms with Crippen molar-refractivity contribution >= 4 is 60.7 Å². The smallest absolute Gasteiger partial charge is 0.778 e. The minimum atomic E-state index is -3.91.